The summed E-state index contributed by atoms with van der Waals surface area (Å²) in [5.74, 6) is -1.63. The Bertz CT molecular complexity index is 924. The zero-order valence-electron chi connectivity index (χ0n) is 20.2. The summed E-state index contributed by atoms with van der Waals surface area (Å²) in [4.78, 5) is 40.1. The molecule has 0 heterocycles. The van der Waals surface area contributed by atoms with Gasteiger partial charge in [-0.2, -0.15) is 0 Å². The van der Waals surface area contributed by atoms with E-state index < -0.39 is 23.3 Å². The van der Waals surface area contributed by atoms with E-state index in [0.29, 0.717) is 17.5 Å². The van der Waals surface area contributed by atoms with Crippen LogP contribution in [-0.4, -0.2) is 41.8 Å². The highest BCUT2D eigenvalue weighted by Gasteiger charge is 2.39. The van der Waals surface area contributed by atoms with Crippen molar-refractivity contribution in [2.45, 2.75) is 60.1 Å². The lowest BCUT2D eigenvalue weighted by Crippen LogP contribution is -2.49. The highest BCUT2D eigenvalue weighted by Crippen LogP contribution is 2.34. The summed E-state index contributed by atoms with van der Waals surface area (Å²) >= 11 is 0. The first-order valence-electron chi connectivity index (χ1n) is 10.9. The third-order valence-corrected chi connectivity index (χ3v) is 5.68. The van der Waals surface area contributed by atoms with E-state index in [0.717, 1.165) is 0 Å². The van der Waals surface area contributed by atoms with Gasteiger partial charge in [-0.3, -0.25) is 9.59 Å². The second-order valence-electron chi connectivity index (χ2n) is 10.4. The van der Waals surface area contributed by atoms with Crippen LogP contribution in [-0.2, 0) is 9.53 Å². The van der Waals surface area contributed by atoms with Gasteiger partial charge in [-0.05, 0) is 23.0 Å². The molecule has 0 fully saturated rings. The molecule has 32 heavy (non-hydrogen) atoms. The first-order valence-corrected chi connectivity index (χ1v) is 10.9. The van der Waals surface area contributed by atoms with Gasteiger partial charge in [-0.25, -0.2) is 4.79 Å². The maximum absolute atomic E-state index is 13.1. The second kappa shape index (κ2) is 10.1. The van der Waals surface area contributed by atoms with Crippen molar-refractivity contribution in [1.82, 2.24) is 4.90 Å². The summed E-state index contributed by atoms with van der Waals surface area (Å²) in [7, 11) is 1.78. The molecule has 0 saturated carbocycles. The summed E-state index contributed by atoms with van der Waals surface area (Å²) in [6, 6.07) is 17.3. The Balaban J connectivity index is 2.27. The van der Waals surface area contributed by atoms with Gasteiger partial charge in [0, 0.05) is 30.6 Å². The fourth-order valence-corrected chi connectivity index (χ4v) is 3.69. The zero-order valence-corrected chi connectivity index (χ0v) is 20.2. The first-order chi connectivity index (χ1) is 14.8. The maximum Gasteiger partial charge on any atom is 0.379 e. The van der Waals surface area contributed by atoms with Crippen LogP contribution in [0.15, 0.2) is 60.7 Å². The first kappa shape index (κ1) is 25.3. The van der Waals surface area contributed by atoms with Gasteiger partial charge in [0.1, 0.15) is 6.10 Å². The third-order valence-electron chi connectivity index (χ3n) is 5.68. The average Bonchev–Trinajstić information content (AvgIpc) is 2.74. The standard InChI is InChI=1S/C27H35NO4/c1-26(2,3)21(28(7)24(30)20-16-12-9-13-17-20)18-22(27(4,5)6)32-25(31)23(29)19-14-10-8-11-15-19/h8-17,21-22H,18H2,1-7H3/t21-,22+/m0/s1. The Labute approximate surface area is 191 Å². The molecule has 172 valence electrons. The number of carbonyl (C=O) groups excluding carboxylic acids is 3. The van der Waals surface area contributed by atoms with Gasteiger partial charge < -0.3 is 9.64 Å². The van der Waals surface area contributed by atoms with E-state index in [9.17, 15) is 14.4 Å². The van der Waals surface area contributed by atoms with E-state index in [-0.39, 0.29) is 17.4 Å². The second-order valence-corrected chi connectivity index (χ2v) is 10.4. The van der Waals surface area contributed by atoms with E-state index in [1.807, 2.05) is 39.0 Å². The van der Waals surface area contributed by atoms with Crippen molar-refractivity contribution in [1.29, 1.82) is 0 Å². The molecule has 5 nitrogen and oxygen atoms in total. The molecule has 0 spiro atoms. The Morgan fingerprint density at radius 1 is 0.781 bits per heavy atom. The van der Waals surface area contributed by atoms with Gasteiger partial charge in [0.15, 0.2) is 0 Å². The van der Waals surface area contributed by atoms with Gasteiger partial charge in [0.25, 0.3) is 11.7 Å². The summed E-state index contributed by atoms with van der Waals surface area (Å²) in [5, 5.41) is 0. The zero-order chi connectivity index (χ0) is 24.1. The van der Waals surface area contributed by atoms with E-state index in [4.69, 9.17) is 4.74 Å². The van der Waals surface area contributed by atoms with Crippen LogP contribution in [0.2, 0.25) is 0 Å². The van der Waals surface area contributed by atoms with Crippen molar-refractivity contribution in [2.75, 3.05) is 7.05 Å². The number of Topliss-reactive ketones (excluding diaryl/α,β-unsaturated/α-hetero) is 1. The number of hydrogen-bond acceptors (Lipinski definition) is 4. The highest BCUT2D eigenvalue weighted by atomic mass is 16.5. The molecule has 2 atom stereocenters. The Kier molecular flexibility index (Phi) is 8.00. The molecule has 1 amide bonds. The minimum Gasteiger partial charge on any atom is -0.456 e. The quantitative estimate of drug-likeness (QED) is 0.330. The Hall–Kier alpha value is -2.95. The molecule has 0 unspecified atom stereocenters. The molecular weight excluding hydrogens is 402 g/mol. The van der Waals surface area contributed by atoms with Crippen LogP contribution in [0.25, 0.3) is 0 Å². The smallest absolute Gasteiger partial charge is 0.379 e. The molecule has 2 aromatic rings. The number of esters is 1. The fraction of sp³-hybridized carbons (Fsp3) is 0.444. The van der Waals surface area contributed by atoms with Crippen LogP contribution < -0.4 is 0 Å². The number of hydrogen-bond donors (Lipinski definition) is 0. The highest BCUT2D eigenvalue weighted by molar-refractivity contribution is 6.40. The molecular formula is C27H35NO4. The molecule has 0 aliphatic heterocycles. The van der Waals surface area contributed by atoms with Crippen molar-refractivity contribution in [3.05, 3.63) is 71.8 Å². The van der Waals surface area contributed by atoms with E-state index >= 15 is 0 Å². The Morgan fingerprint density at radius 2 is 1.25 bits per heavy atom. The lowest BCUT2D eigenvalue weighted by Gasteiger charge is -2.42. The van der Waals surface area contributed by atoms with Crippen LogP contribution in [0.5, 0.6) is 0 Å². The molecule has 0 aliphatic carbocycles. The predicted octanol–water partition coefficient (Wildman–Crippen LogP) is 5.40. The molecule has 0 aliphatic rings. The largest absolute Gasteiger partial charge is 0.456 e. The number of amides is 1. The predicted molar refractivity (Wildman–Crippen MR) is 127 cm³/mol. The lowest BCUT2D eigenvalue weighted by molar-refractivity contribution is -0.150. The summed E-state index contributed by atoms with van der Waals surface area (Å²) in [5.41, 5.74) is 0.201. The van der Waals surface area contributed by atoms with Crippen LogP contribution in [0.4, 0.5) is 0 Å². The van der Waals surface area contributed by atoms with Gasteiger partial charge in [-0.15, -0.1) is 0 Å². The average molecular weight is 438 g/mol. The van der Waals surface area contributed by atoms with Crippen molar-refractivity contribution >= 4 is 17.7 Å². The Morgan fingerprint density at radius 3 is 1.69 bits per heavy atom. The van der Waals surface area contributed by atoms with Crippen molar-refractivity contribution < 1.29 is 19.1 Å². The monoisotopic (exact) mass is 437 g/mol. The third kappa shape index (κ3) is 6.52. The van der Waals surface area contributed by atoms with E-state index in [2.05, 4.69) is 20.8 Å². The molecule has 0 aromatic heterocycles. The molecule has 2 rings (SSSR count). The number of carbonyl (C=O) groups is 3. The number of benzene rings is 2. The topological polar surface area (TPSA) is 63.7 Å². The van der Waals surface area contributed by atoms with Gasteiger partial charge in [0.05, 0.1) is 0 Å². The minimum absolute atomic E-state index is 0.0927. The number of ketones is 1. The number of rotatable bonds is 7. The molecule has 5 heteroatoms. The summed E-state index contributed by atoms with van der Waals surface area (Å²) in [6.07, 6.45) is -0.145. The van der Waals surface area contributed by atoms with Crippen molar-refractivity contribution in [3.8, 4) is 0 Å². The molecule has 2 aromatic carbocycles. The SMILES string of the molecule is CN(C(=O)c1ccccc1)[C@@H](C[C@@H](OC(=O)C(=O)c1ccccc1)C(C)(C)C)C(C)(C)C. The normalized spacial score (nSPS) is 13.7. The van der Waals surface area contributed by atoms with Crippen molar-refractivity contribution in [2.24, 2.45) is 10.8 Å². The summed E-state index contributed by atoms with van der Waals surface area (Å²) in [6.45, 7) is 12.1. The number of nitrogens with zero attached hydrogens (tertiary/aromatic N) is 1. The molecule has 0 radical (unpaired) electrons. The van der Waals surface area contributed by atoms with Crippen LogP contribution in [0, 0.1) is 10.8 Å². The minimum atomic E-state index is -0.874. The molecule has 0 bridgehead atoms. The van der Waals surface area contributed by atoms with Gasteiger partial charge in [-0.1, -0.05) is 90.1 Å². The van der Waals surface area contributed by atoms with Gasteiger partial charge in [0.2, 0.25) is 0 Å². The van der Waals surface area contributed by atoms with Crippen LogP contribution in [0.1, 0.15) is 68.7 Å². The molecule has 0 saturated heterocycles. The summed E-state index contributed by atoms with van der Waals surface area (Å²) < 4.78 is 5.77. The molecule has 0 N–H and O–H groups in total. The van der Waals surface area contributed by atoms with Gasteiger partial charge >= 0.3 is 5.97 Å². The maximum atomic E-state index is 13.1. The van der Waals surface area contributed by atoms with Crippen LogP contribution in [0.3, 0.4) is 0 Å². The fourth-order valence-electron chi connectivity index (χ4n) is 3.69. The number of ether oxygens (including phenoxy) is 1. The lowest BCUT2D eigenvalue weighted by atomic mass is 9.77. The van der Waals surface area contributed by atoms with E-state index in [1.165, 1.54) is 0 Å². The van der Waals surface area contributed by atoms with E-state index in [1.54, 1.807) is 54.4 Å². The van der Waals surface area contributed by atoms with Crippen molar-refractivity contribution in [3.63, 3.8) is 0 Å². The van der Waals surface area contributed by atoms with Crippen LogP contribution >= 0.6 is 0 Å².